The van der Waals surface area contributed by atoms with Gasteiger partial charge < -0.3 is 4.57 Å². The van der Waals surface area contributed by atoms with Gasteiger partial charge in [-0.25, -0.2) is 4.98 Å². The Labute approximate surface area is 209 Å². The molecule has 0 amide bonds. The van der Waals surface area contributed by atoms with E-state index in [9.17, 15) is 18.0 Å². The van der Waals surface area contributed by atoms with Crippen LogP contribution in [-0.2, 0) is 12.6 Å². The summed E-state index contributed by atoms with van der Waals surface area (Å²) in [7, 11) is 0. The molecule has 0 unspecified atom stereocenters. The van der Waals surface area contributed by atoms with Gasteiger partial charge in [-0.3, -0.25) is 4.79 Å². The Bertz CT molecular complexity index is 1480. The van der Waals surface area contributed by atoms with E-state index in [0.717, 1.165) is 23.4 Å². The Balaban J connectivity index is 1.83. The molecule has 5 nitrogen and oxygen atoms in total. The van der Waals surface area contributed by atoms with Gasteiger partial charge in [-0.2, -0.15) is 22.9 Å². The van der Waals surface area contributed by atoms with Crippen molar-refractivity contribution in [2.45, 2.75) is 46.2 Å². The molecule has 2 aromatic carbocycles. The van der Waals surface area contributed by atoms with Crippen LogP contribution >= 0.6 is 15.9 Å². The van der Waals surface area contributed by atoms with Gasteiger partial charge in [0.25, 0.3) is 5.56 Å². The maximum atomic E-state index is 13.6. The van der Waals surface area contributed by atoms with Crippen LogP contribution in [-0.4, -0.2) is 20.4 Å². The molecule has 0 atom stereocenters. The van der Waals surface area contributed by atoms with Gasteiger partial charge in [-0.1, -0.05) is 41.4 Å². The van der Waals surface area contributed by atoms with Crippen molar-refractivity contribution in [3.63, 3.8) is 0 Å². The van der Waals surface area contributed by atoms with Crippen LogP contribution in [0, 0.1) is 13.8 Å². The molecule has 182 valence electrons. The van der Waals surface area contributed by atoms with Crippen molar-refractivity contribution < 1.29 is 13.2 Å². The van der Waals surface area contributed by atoms with Crippen LogP contribution in [0.25, 0.3) is 16.6 Å². The third-order valence-corrected chi connectivity index (χ3v) is 6.36. The normalized spacial score (nSPS) is 12.2. The summed E-state index contributed by atoms with van der Waals surface area (Å²) in [5.74, 6) is 0.541. The van der Waals surface area contributed by atoms with E-state index in [1.54, 1.807) is 42.7 Å². The first kappa shape index (κ1) is 24.9. The monoisotopic (exact) mass is 544 g/mol. The molecule has 0 aliphatic carbocycles. The van der Waals surface area contributed by atoms with E-state index in [-0.39, 0.29) is 11.2 Å². The fraction of sp³-hybridized carbons (Fsp3) is 0.269. The number of aryl methyl sites for hydroxylation is 2. The van der Waals surface area contributed by atoms with Crippen molar-refractivity contribution in [2.75, 3.05) is 0 Å². The third-order valence-electron chi connectivity index (χ3n) is 5.86. The summed E-state index contributed by atoms with van der Waals surface area (Å²) < 4.78 is 44.5. The Morgan fingerprint density at radius 3 is 2.57 bits per heavy atom. The van der Waals surface area contributed by atoms with Crippen molar-refractivity contribution >= 4 is 33.0 Å². The van der Waals surface area contributed by atoms with Crippen molar-refractivity contribution in [3.8, 4) is 5.69 Å². The van der Waals surface area contributed by atoms with Crippen LogP contribution in [0.3, 0.4) is 0 Å². The SMILES string of the molecule is CCCCc1nc2ccc(Br)cc2c(=O)n1N=Cc1cc(C)n(-c2ccccc2C(F)(F)F)c1C. The number of unbranched alkanes of at least 4 members (excludes halogenated alkanes) is 1. The van der Waals surface area contributed by atoms with E-state index in [1.165, 1.54) is 23.0 Å². The smallest absolute Gasteiger partial charge is 0.317 e. The molecule has 0 radical (unpaired) electrons. The second kappa shape index (κ2) is 9.81. The molecule has 0 aliphatic rings. The summed E-state index contributed by atoms with van der Waals surface area (Å²) >= 11 is 3.39. The van der Waals surface area contributed by atoms with E-state index in [1.807, 2.05) is 6.07 Å². The highest BCUT2D eigenvalue weighted by Crippen LogP contribution is 2.35. The number of nitrogens with zero attached hydrogens (tertiary/aromatic N) is 4. The zero-order valence-electron chi connectivity index (χ0n) is 19.5. The van der Waals surface area contributed by atoms with Crippen LogP contribution < -0.4 is 5.56 Å². The van der Waals surface area contributed by atoms with Crippen LogP contribution in [0.15, 0.2) is 62.9 Å². The van der Waals surface area contributed by atoms with Gasteiger partial charge in [0.1, 0.15) is 5.82 Å². The van der Waals surface area contributed by atoms with Crippen molar-refractivity contribution in [2.24, 2.45) is 5.10 Å². The molecule has 2 heterocycles. The topological polar surface area (TPSA) is 52.2 Å². The summed E-state index contributed by atoms with van der Waals surface area (Å²) in [6.45, 7) is 5.53. The second-order valence-corrected chi connectivity index (χ2v) is 9.25. The summed E-state index contributed by atoms with van der Waals surface area (Å²) in [4.78, 5) is 17.9. The minimum atomic E-state index is -4.49. The Hall–Kier alpha value is -3.20. The lowest BCUT2D eigenvalue weighted by Crippen LogP contribution is -2.22. The quantitative estimate of drug-likeness (QED) is 0.250. The Morgan fingerprint density at radius 1 is 1.11 bits per heavy atom. The molecule has 4 aromatic rings. The fourth-order valence-electron chi connectivity index (χ4n) is 4.13. The van der Waals surface area contributed by atoms with Gasteiger partial charge in [-0.05, 0) is 56.7 Å². The highest BCUT2D eigenvalue weighted by atomic mass is 79.9. The number of aromatic nitrogens is 3. The molecule has 0 aliphatic heterocycles. The third kappa shape index (κ3) is 4.96. The molecule has 2 aromatic heterocycles. The maximum absolute atomic E-state index is 13.6. The molecule has 0 saturated carbocycles. The highest BCUT2D eigenvalue weighted by Gasteiger charge is 2.34. The number of benzene rings is 2. The number of hydrogen-bond acceptors (Lipinski definition) is 3. The van der Waals surface area contributed by atoms with Crippen LogP contribution in [0.5, 0.6) is 0 Å². The standard InChI is InChI=1S/C26H24BrF3N4O/c1-4-5-10-24-32-22-12-11-19(27)14-20(22)25(35)34(24)31-15-18-13-16(2)33(17(18)3)23-9-7-6-8-21(23)26(28,29)30/h6-9,11-15H,4-5,10H2,1-3H3. The van der Waals surface area contributed by atoms with E-state index in [2.05, 4.69) is 32.9 Å². The average molecular weight is 545 g/mol. The minimum absolute atomic E-state index is 0.0488. The zero-order chi connectivity index (χ0) is 25.3. The van der Waals surface area contributed by atoms with E-state index >= 15 is 0 Å². The molecule has 4 rings (SSSR count). The second-order valence-electron chi connectivity index (χ2n) is 8.33. The predicted molar refractivity (Wildman–Crippen MR) is 136 cm³/mol. The maximum Gasteiger partial charge on any atom is 0.418 e. The lowest BCUT2D eigenvalue weighted by atomic mass is 10.1. The Kier molecular flexibility index (Phi) is 6.98. The van der Waals surface area contributed by atoms with Crippen molar-refractivity contribution in [3.05, 3.63) is 91.7 Å². The number of hydrogen-bond donors (Lipinski definition) is 0. The highest BCUT2D eigenvalue weighted by molar-refractivity contribution is 9.10. The number of para-hydroxylation sites is 1. The van der Waals surface area contributed by atoms with Gasteiger partial charge in [0.15, 0.2) is 0 Å². The predicted octanol–water partition coefficient (Wildman–Crippen LogP) is 6.81. The number of halogens is 4. The first-order valence-corrected chi connectivity index (χ1v) is 12.0. The molecule has 0 bridgehead atoms. The molecule has 0 spiro atoms. The molecule has 0 N–H and O–H groups in total. The summed E-state index contributed by atoms with van der Waals surface area (Å²) in [5, 5.41) is 4.89. The lowest BCUT2D eigenvalue weighted by molar-refractivity contribution is -0.137. The number of fused-ring (bicyclic) bond motifs is 1. The largest absolute Gasteiger partial charge is 0.418 e. The molecular formula is C26H24BrF3N4O. The number of rotatable bonds is 6. The fourth-order valence-corrected chi connectivity index (χ4v) is 4.49. The summed E-state index contributed by atoms with van der Waals surface area (Å²) in [5.41, 5.74) is 1.46. The Morgan fingerprint density at radius 2 is 1.86 bits per heavy atom. The minimum Gasteiger partial charge on any atom is -0.317 e. The molecule has 0 fully saturated rings. The summed E-state index contributed by atoms with van der Waals surface area (Å²) in [6, 6.07) is 12.6. The van der Waals surface area contributed by atoms with Gasteiger partial charge in [0.2, 0.25) is 0 Å². The van der Waals surface area contributed by atoms with E-state index in [4.69, 9.17) is 0 Å². The van der Waals surface area contributed by atoms with Gasteiger partial charge in [0.05, 0.1) is 28.4 Å². The first-order valence-electron chi connectivity index (χ1n) is 11.2. The lowest BCUT2D eigenvalue weighted by Gasteiger charge is -2.16. The van der Waals surface area contributed by atoms with Gasteiger partial charge in [-0.15, -0.1) is 0 Å². The molecule has 35 heavy (non-hydrogen) atoms. The summed E-state index contributed by atoms with van der Waals surface area (Å²) in [6.07, 6.45) is -0.630. The zero-order valence-corrected chi connectivity index (χ0v) is 21.1. The molecule has 9 heteroatoms. The van der Waals surface area contributed by atoms with Crippen LogP contribution in [0.4, 0.5) is 13.2 Å². The van der Waals surface area contributed by atoms with E-state index < -0.39 is 11.7 Å². The van der Waals surface area contributed by atoms with Gasteiger partial charge in [0, 0.05) is 27.8 Å². The van der Waals surface area contributed by atoms with Crippen molar-refractivity contribution in [1.82, 2.24) is 14.2 Å². The first-order chi connectivity index (χ1) is 16.6. The van der Waals surface area contributed by atoms with Gasteiger partial charge >= 0.3 is 6.18 Å². The van der Waals surface area contributed by atoms with E-state index in [0.29, 0.717) is 40.1 Å². The average Bonchev–Trinajstić information content (AvgIpc) is 3.09. The van der Waals surface area contributed by atoms with Crippen LogP contribution in [0.1, 0.15) is 48.1 Å². The molecule has 0 saturated heterocycles. The number of alkyl halides is 3. The van der Waals surface area contributed by atoms with Crippen LogP contribution in [0.2, 0.25) is 0 Å². The van der Waals surface area contributed by atoms with Crippen molar-refractivity contribution in [1.29, 1.82) is 0 Å². The molecular weight excluding hydrogens is 521 g/mol.